The normalized spacial score (nSPS) is 16.5. The molecule has 1 aliphatic rings. The minimum Gasteiger partial charge on any atom is -0.385 e. The van der Waals surface area contributed by atoms with E-state index in [-0.39, 0.29) is 0 Å². The van der Waals surface area contributed by atoms with Crippen LogP contribution in [-0.4, -0.2) is 52.0 Å². The molecule has 1 saturated carbocycles. The van der Waals surface area contributed by atoms with Gasteiger partial charge in [-0.05, 0) is 45.4 Å². The topological polar surface area (TPSA) is 54.9 Å². The van der Waals surface area contributed by atoms with Gasteiger partial charge in [0.05, 0.1) is 6.10 Å². The Bertz CT molecular complexity index is 292. The Labute approximate surface area is 142 Å². The Morgan fingerprint density at radius 2 is 1.83 bits per heavy atom. The second-order valence-corrected chi connectivity index (χ2v) is 6.23. The first-order valence-electron chi connectivity index (χ1n) is 9.49. The van der Waals surface area contributed by atoms with Gasteiger partial charge in [-0.1, -0.05) is 19.3 Å². The van der Waals surface area contributed by atoms with Crippen molar-refractivity contribution >= 4 is 5.96 Å². The van der Waals surface area contributed by atoms with E-state index < -0.39 is 0 Å². The summed E-state index contributed by atoms with van der Waals surface area (Å²) < 4.78 is 11.0. The third-order valence-electron chi connectivity index (χ3n) is 4.14. The molecule has 136 valence electrons. The van der Waals surface area contributed by atoms with Crippen LogP contribution < -0.4 is 10.6 Å². The molecule has 0 spiro atoms. The Hall–Kier alpha value is -0.810. The van der Waals surface area contributed by atoms with Crippen LogP contribution in [0.5, 0.6) is 0 Å². The molecule has 0 aliphatic heterocycles. The molecule has 5 nitrogen and oxygen atoms in total. The van der Waals surface area contributed by atoms with Crippen molar-refractivity contribution in [1.82, 2.24) is 10.6 Å². The van der Waals surface area contributed by atoms with E-state index in [0.717, 1.165) is 51.6 Å². The average Bonchev–Trinajstić information content (AvgIpc) is 2.58. The van der Waals surface area contributed by atoms with Gasteiger partial charge in [0.15, 0.2) is 5.96 Å². The average molecular weight is 328 g/mol. The second-order valence-electron chi connectivity index (χ2n) is 6.23. The van der Waals surface area contributed by atoms with Gasteiger partial charge >= 0.3 is 0 Å². The number of hydrogen-bond acceptors (Lipinski definition) is 3. The monoisotopic (exact) mass is 327 g/mol. The third-order valence-corrected chi connectivity index (χ3v) is 4.14. The van der Waals surface area contributed by atoms with Crippen LogP contribution in [0.2, 0.25) is 0 Å². The number of aliphatic imine (C=N–C) groups is 1. The minimum atomic E-state index is 0.543. The first kappa shape index (κ1) is 20.2. The van der Waals surface area contributed by atoms with Crippen molar-refractivity contribution in [3.63, 3.8) is 0 Å². The maximum absolute atomic E-state index is 5.96. The highest BCUT2D eigenvalue weighted by Crippen LogP contribution is 2.20. The molecule has 0 aromatic heterocycles. The number of nitrogens with zero attached hydrogens (tertiary/aromatic N) is 1. The van der Waals surface area contributed by atoms with Crippen LogP contribution in [0, 0.1) is 0 Å². The van der Waals surface area contributed by atoms with E-state index in [1.54, 1.807) is 7.11 Å². The lowest BCUT2D eigenvalue weighted by atomic mass is 9.98. The zero-order chi connectivity index (χ0) is 16.6. The van der Waals surface area contributed by atoms with Crippen molar-refractivity contribution in [3.05, 3.63) is 0 Å². The summed E-state index contributed by atoms with van der Waals surface area (Å²) >= 11 is 0. The van der Waals surface area contributed by atoms with E-state index in [9.17, 15) is 0 Å². The maximum Gasteiger partial charge on any atom is 0.191 e. The SMILES string of the molecule is CCNC(=NCCCOC)NCCCCCOC1CCCCC1. The molecule has 0 saturated heterocycles. The fourth-order valence-corrected chi connectivity index (χ4v) is 2.83. The van der Waals surface area contributed by atoms with E-state index in [2.05, 4.69) is 22.5 Å². The first-order valence-corrected chi connectivity index (χ1v) is 9.49. The van der Waals surface area contributed by atoms with E-state index in [4.69, 9.17) is 9.47 Å². The fourth-order valence-electron chi connectivity index (χ4n) is 2.83. The summed E-state index contributed by atoms with van der Waals surface area (Å²) in [4.78, 5) is 4.54. The number of methoxy groups -OCH3 is 1. The van der Waals surface area contributed by atoms with Gasteiger partial charge in [-0.2, -0.15) is 0 Å². The van der Waals surface area contributed by atoms with E-state index in [1.807, 2.05) is 0 Å². The fraction of sp³-hybridized carbons (Fsp3) is 0.944. The van der Waals surface area contributed by atoms with Crippen LogP contribution in [0.25, 0.3) is 0 Å². The number of unbranched alkanes of at least 4 members (excludes halogenated alkanes) is 2. The lowest BCUT2D eigenvalue weighted by Crippen LogP contribution is -2.37. The van der Waals surface area contributed by atoms with Gasteiger partial charge in [-0.3, -0.25) is 4.99 Å². The molecule has 0 heterocycles. The summed E-state index contributed by atoms with van der Waals surface area (Å²) in [6.45, 7) is 6.46. The zero-order valence-electron chi connectivity index (χ0n) is 15.2. The van der Waals surface area contributed by atoms with Crippen molar-refractivity contribution in [2.24, 2.45) is 4.99 Å². The van der Waals surface area contributed by atoms with Crippen LogP contribution in [0.4, 0.5) is 0 Å². The highest BCUT2D eigenvalue weighted by Gasteiger charge is 2.12. The third kappa shape index (κ3) is 11.4. The lowest BCUT2D eigenvalue weighted by Gasteiger charge is -2.21. The van der Waals surface area contributed by atoms with E-state index >= 15 is 0 Å². The number of ether oxygens (including phenoxy) is 2. The second kappa shape index (κ2) is 14.8. The zero-order valence-corrected chi connectivity index (χ0v) is 15.2. The summed E-state index contributed by atoms with van der Waals surface area (Å²) in [6.07, 6.45) is 11.7. The number of guanidine groups is 1. The predicted octanol–water partition coefficient (Wildman–Crippen LogP) is 3.10. The Kier molecular flexibility index (Phi) is 13.0. The van der Waals surface area contributed by atoms with Gasteiger partial charge in [0.25, 0.3) is 0 Å². The van der Waals surface area contributed by atoms with Gasteiger partial charge in [0.1, 0.15) is 0 Å². The maximum atomic E-state index is 5.96. The van der Waals surface area contributed by atoms with Crippen LogP contribution >= 0.6 is 0 Å². The smallest absolute Gasteiger partial charge is 0.191 e. The number of rotatable bonds is 12. The molecule has 1 rings (SSSR count). The molecule has 1 fully saturated rings. The largest absolute Gasteiger partial charge is 0.385 e. The summed E-state index contributed by atoms with van der Waals surface area (Å²) in [5.41, 5.74) is 0. The molecule has 0 aromatic rings. The lowest BCUT2D eigenvalue weighted by molar-refractivity contribution is 0.0264. The first-order chi connectivity index (χ1) is 11.4. The Morgan fingerprint density at radius 1 is 1.00 bits per heavy atom. The molecule has 0 unspecified atom stereocenters. The van der Waals surface area contributed by atoms with Crippen LogP contribution in [0.1, 0.15) is 64.7 Å². The van der Waals surface area contributed by atoms with E-state index in [0.29, 0.717) is 6.10 Å². The Balaban J connectivity index is 1.97. The van der Waals surface area contributed by atoms with Crippen molar-refractivity contribution < 1.29 is 9.47 Å². The van der Waals surface area contributed by atoms with E-state index in [1.165, 1.54) is 44.9 Å². The molecule has 0 aromatic carbocycles. The van der Waals surface area contributed by atoms with Gasteiger partial charge < -0.3 is 20.1 Å². The molecule has 0 radical (unpaired) electrons. The molecule has 23 heavy (non-hydrogen) atoms. The number of hydrogen-bond donors (Lipinski definition) is 2. The summed E-state index contributed by atoms with van der Waals surface area (Å²) in [7, 11) is 1.73. The highest BCUT2D eigenvalue weighted by atomic mass is 16.5. The van der Waals surface area contributed by atoms with Crippen molar-refractivity contribution in [2.45, 2.75) is 70.8 Å². The van der Waals surface area contributed by atoms with Gasteiger partial charge in [-0.15, -0.1) is 0 Å². The molecular formula is C18H37N3O2. The molecule has 0 atom stereocenters. The predicted molar refractivity (Wildman–Crippen MR) is 97.2 cm³/mol. The molecule has 5 heteroatoms. The molecule has 0 bridgehead atoms. The van der Waals surface area contributed by atoms with Crippen molar-refractivity contribution in [2.75, 3.05) is 40.0 Å². The van der Waals surface area contributed by atoms with Crippen LogP contribution in [0.3, 0.4) is 0 Å². The van der Waals surface area contributed by atoms with Gasteiger partial charge in [0, 0.05) is 40.0 Å². The summed E-state index contributed by atoms with van der Waals surface area (Å²) in [5.74, 6) is 0.919. The summed E-state index contributed by atoms with van der Waals surface area (Å²) in [6, 6.07) is 0. The summed E-state index contributed by atoms with van der Waals surface area (Å²) in [5, 5.41) is 6.67. The van der Waals surface area contributed by atoms with Crippen molar-refractivity contribution in [1.29, 1.82) is 0 Å². The van der Waals surface area contributed by atoms with Gasteiger partial charge in [-0.25, -0.2) is 0 Å². The molecule has 1 aliphatic carbocycles. The highest BCUT2D eigenvalue weighted by molar-refractivity contribution is 5.79. The quantitative estimate of drug-likeness (QED) is 0.328. The molecule has 2 N–H and O–H groups in total. The molecule has 0 amide bonds. The number of nitrogens with one attached hydrogen (secondary N) is 2. The minimum absolute atomic E-state index is 0.543. The molecular weight excluding hydrogens is 290 g/mol. The van der Waals surface area contributed by atoms with Gasteiger partial charge in [0.2, 0.25) is 0 Å². The van der Waals surface area contributed by atoms with Crippen molar-refractivity contribution in [3.8, 4) is 0 Å². The standard InChI is InChI=1S/C18H37N3O2/c1-3-19-18(21-14-10-15-22-2)20-13-8-5-9-16-23-17-11-6-4-7-12-17/h17H,3-16H2,1-2H3,(H2,19,20,21). The van der Waals surface area contributed by atoms with Crippen LogP contribution in [-0.2, 0) is 9.47 Å². The Morgan fingerprint density at radius 3 is 2.57 bits per heavy atom. The van der Waals surface area contributed by atoms with Crippen LogP contribution in [0.15, 0.2) is 4.99 Å².